The first-order valence-electron chi connectivity index (χ1n) is 7.80. The van der Waals surface area contributed by atoms with E-state index in [1.54, 1.807) is 36.0 Å². The summed E-state index contributed by atoms with van der Waals surface area (Å²) in [6, 6.07) is 16.0. The van der Waals surface area contributed by atoms with Crippen molar-refractivity contribution in [2.75, 3.05) is 0 Å². The highest BCUT2D eigenvalue weighted by Crippen LogP contribution is 2.31. The van der Waals surface area contributed by atoms with E-state index in [0.29, 0.717) is 16.5 Å². The van der Waals surface area contributed by atoms with Crippen molar-refractivity contribution in [1.82, 2.24) is 9.78 Å². The van der Waals surface area contributed by atoms with Gasteiger partial charge in [-0.25, -0.2) is 9.07 Å². The number of aryl methyl sites for hydroxylation is 1. The molecular weight excluding hydrogens is 319 g/mol. The van der Waals surface area contributed by atoms with Crippen LogP contribution in [0.15, 0.2) is 60.8 Å². The van der Waals surface area contributed by atoms with Gasteiger partial charge in [0, 0.05) is 10.9 Å². The second-order valence-electron chi connectivity index (χ2n) is 5.92. The number of phenols is 2. The quantitative estimate of drug-likeness (QED) is 0.565. The number of benzene rings is 3. The molecule has 4 nitrogen and oxygen atoms in total. The minimum Gasteiger partial charge on any atom is -0.508 e. The van der Waals surface area contributed by atoms with Gasteiger partial charge in [-0.3, -0.25) is 0 Å². The van der Waals surface area contributed by atoms with E-state index in [2.05, 4.69) is 5.10 Å². The Morgan fingerprint density at radius 3 is 2.44 bits per heavy atom. The highest BCUT2D eigenvalue weighted by molar-refractivity contribution is 5.85. The van der Waals surface area contributed by atoms with Crippen LogP contribution in [0.25, 0.3) is 27.7 Å². The molecule has 0 saturated carbocycles. The van der Waals surface area contributed by atoms with Crippen molar-refractivity contribution < 1.29 is 14.6 Å². The molecule has 0 amide bonds. The van der Waals surface area contributed by atoms with Crippen molar-refractivity contribution in [2.24, 2.45) is 0 Å². The van der Waals surface area contributed by atoms with Gasteiger partial charge in [-0.2, -0.15) is 5.10 Å². The first-order chi connectivity index (χ1) is 12.0. The average molecular weight is 334 g/mol. The highest BCUT2D eigenvalue weighted by Gasteiger charge is 2.14. The first-order valence-corrected chi connectivity index (χ1v) is 7.80. The normalized spacial score (nSPS) is 11.1. The summed E-state index contributed by atoms with van der Waals surface area (Å²) < 4.78 is 15.4. The van der Waals surface area contributed by atoms with Gasteiger partial charge in [-0.15, -0.1) is 0 Å². The summed E-state index contributed by atoms with van der Waals surface area (Å²) >= 11 is 0. The van der Waals surface area contributed by atoms with Gasteiger partial charge in [0.1, 0.15) is 5.75 Å². The zero-order chi connectivity index (χ0) is 17.6. The van der Waals surface area contributed by atoms with Gasteiger partial charge < -0.3 is 10.2 Å². The number of nitrogens with zero attached hydrogens (tertiary/aromatic N) is 2. The summed E-state index contributed by atoms with van der Waals surface area (Å²) in [5.41, 5.74) is 3.79. The molecular formula is C20H15FN2O2. The van der Waals surface area contributed by atoms with Crippen LogP contribution in [0.4, 0.5) is 4.39 Å². The van der Waals surface area contributed by atoms with E-state index in [4.69, 9.17) is 0 Å². The third kappa shape index (κ3) is 2.50. The fourth-order valence-corrected chi connectivity index (χ4v) is 3.01. The smallest absolute Gasteiger partial charge is 0.165 e. The van der Waals surface area contributed by atoms with Crippen LogP contribution in [-0.2, 0) is 0 Å². The number of rotatable bonds is 2. The molecule has 0 atom stereocenters. The Balaban J connectivity index is 1.81. The third-order valence-electron chi connectivity index (χ3n) is 4.31. The molecule has 0 aliphatic carbocycles. The number of hydrogen-bond acceptors (Lipinski definition) is 3. The molecule has 5 heteroatoms. The summed E-state index contributed by atoms with van der Waals surface area (Å²) in [7, 11) is 0. The fraction of sp³-hybridized carbons (Fsp3) is 0.0500. The number of halogens is 1. The molecule has 1 aromatic heterocycles. The molecule has 124 valence electrons. The first kappa shape index (κ1) is 15.2. The van der Waals surface area contributed by atoms with Crippen LogP contribution < -0.4 is 0 Å². The second kappa shape index (κ2) is 5.63. The molecule has 3 aromatic carbocycles. The van der Waals surface area contributed by atoms with Crippen molar-refractivity contribution in [2.45, 2.75) is 6.92 Å². The standard InChI is InChI=1S/C20H15FN2O2/c1-12-19-15(10-18(21)20(12)25)11-22-23(19)16-7-5-13(6-8-16)14-3-2-4-17(24)9-14/h2-11,24-25H,1H3. The number of fused-ring (bicyclic) bond motifs is 1. The van der Waals surface area contributed by atoms with Crippen LogP contribution in [0.5, 0.6) is 11.5 Å². The van der Waals surface area contributed by atoms with E-state index in [0.717, 1.165) is 16.8 Å². The van der Waals surface area contributed by atoms with Gasteiger partial charge in [0.25, 0.3) is 0 Å². The Kier molecular flexibility index (Phi) is 3.42. The van der Waals surface area contributed by atoms with Crippen LogP contribution in [-0.4, -0.2) is 20.0 Å². The molecule has 0 bridgehead atoms. The van der Waals surface area contributed by atoms with Gasteiger partial charge in [0.15, 0.2) is 11.6 Å². The predicted molar refractivity (Wildman–Crippen MR) is 94.5 cm³/mol. The second-order valence-corrected chi connectivity index (χ2v) is 5.92. The van der Waals surface area contributed by atoms with E-state index < -0.39 is 5.82 Å². The van der Waals surface area contributed by atoms with Crippen LogP contribution in [0.1, 0.15) is 5.56 Å². The average Bonchev–Trinajstić information content (AvgIpc) is 3.04. The minimum atomic E-state index is -0.649. The van der Waals surface area contributed by atoms with E-state index in [9.17, 15) is 14.6 Å². The van der Waals surface area contributed by atoms with Gasteiger partial charge in [0.2, 0.25) is 0 Å². The lowest BCUT2D eigenvalue weighted by Crippen LogP contribution is -1.98. The van der Waals surface area contributed by atoms with E-state index in [1.807, 2.05) is 30.3 Å². The van der Waals surface area contributed by atoms with Crippen molar-refractivity contribution in [3.8, 4) is 28.3 Å². The zero-order valence-electron chi connectivity index (χ0n) is 13.4. The Morgan fingerprint density at radius 2 is 1.72 bits per heavy atom. The molecule has 0 fully saturated rings. The predicted octanol–water partition coefficient (Wildman–Crippen LogP) is 4.55. The Labute approximate surface area is 143 Å². The maximum atomic E-state index is 13.7. The largest absolute Gasteiger partial charge is 0.508 e. The van der Waals surface area contributed by atoms with Crippen LogP contribution in [0, 0.1) is 12.7 Å². The summed E-state index contributed by atoms with van der Waals surface area (Å²) in [5.74, 6) is -0.790. The molecule has 0 unspecified atom stereocenters. The zero-order valence-corrected chi connectivity index (χ0v) is 13.4. The monoisotopic (exact) mass is 334 g/mol. The molecule has 4 aromatic rings. The summed E-state index contributed by atoms with van der Waals surface area (Å²) in [6.45, 7) is 1.67. The molecule has 4 rings (SSSR count). The van der Waals surface area contributed by atoms with Gasteiger partial charge >= 0.3 is 0 Å². The molecule has 0 saturated heterocycles. The number of phenolic OH excluding ortho intramolecular Hbond substituents is 2. The lowest BCUT2D eigenvalue weighted by Gasteiger charge is -2.09. The molecule has 0 radical (unpaired) electrons. The van der Waals surface area contributed by atoms with E-state index in [1.165, 1.54) is 6.07 Å². The maximum Gasteiger partial charge on any atom is 0.165 e. The number of aromatic hydroxyl groups is 2. The molecule has 0 spiro atoms. The number of hydrogen-bond donors (Lipinski definition) is 2. The van der Waals surface area contributed by atoms with Gasteiger partial charge in [-0.05, 0) is 48.4 Å². The Bertz CT molecular complexity index is 1090. The van der Waals surface area contributed by atoms with Crippen molar-refractivity contribution in [3.05, 3.63) is 72.2 Å². The molecule has 1 heterocycles. The third-order valence-corrected chi connectivity index (χ3v) is 4.31. The van der Waals surface area contributed by atoms with Gasteiger partial charge in [0.05, 0.1) is 17.4 Å². The molecule has 25 heavy (non-hydrogen) atoms. The van der Waals surface area contributed by atoms with Crippen LogP contribution in [0.3, 0.4) is 0 Å². The van der Waals surface area contributed by atoms with E-state index >= 15 is 0 Å². The maximum absolute atomic E-state index is 13.7. The Hall–Kier alpha value is -3.34. The Morgan fingerprint density at radius 1 is 0.960 bits per heavy atom. The SMILES string of the molecule is Cc1c(O)c(F)cc2cnn(-c3ccc(-c4cccc(O)c4)cc3)c12. The fourth-order valence-electron chi connectivity index (χ4n) is 3.01. The van der Waals surface area contributed by atoms with Crippen LogP contribution in [0.2, 0.25) is 0 Å². The lowest BCUT2D eigenvalue weighted by molar-refractivity contribution is 0.430. The highest BCUT2D eigenvalue weighted by atomic mass is 19.1. The summed E-state index contributed by atoms with van der Waals surface area (Å²) in [5, 5.41) is 24.4. The lowest BCUT2D eigenvalue weighted by atomic mass is 10.1. The van der Waals surface area contributed by atoms with Gasteiger partial charge in [-0.1, -0.05) is 24.3 Å². The topological polar surface area (TPSA) is 58.3 Å². The number of aromatic nitrogens is 2. The molecule has 0 aliphatic rings. The van der Waals surface area contributed by atoms with E-state index in [-0.39, 0.29) is 11.5 Å². The van der Waals surface area contributed by atoms with Crippen molar-refractivity contribution >= 4 is 10.9 Å². The van der Waals surface area contributed by atoms with Crippen molar-refractivity contribution in [3.63, 3.8) is 0 Å². The molecule has 2 N–H and O–H groups in total. The van der Waals surface area contributed by atoms with Crippen LogP contribution >= 0.6 is 0 Å². The van der Waals surface area contributed by atoms with Crippen molar-refractivity contribution in [1.29, 1.82) is 0 Å². The minimum absolute atomic E-state index is 0.216. The molecule has 0 aliphatic heterocycles. The summed E-state index contributed by atoms with van der Waals surface area (Å²) in [4.78, 5) is 0. The summed E-state index contributed by atoms with van der Waals surface area (Å²) in [6.07, 6.45) is 1.58.